The Morgan fingerprint density at radius 3 is 1.73 bits per heavy atom. The van der Waals surface area contributed by atoms with Crippen LogP contribution >= 0.6 is 0 Å². The molecule has 1 unspecified atom stereocenters. The van der Waals surface area contributed by atoms with Crippen LogP contribution in [0.5, 0.6) is 5.75 Å². The molecule has 1 aliphatic heterocycles. The third-order valence-electron chi connectivity index (χ3n) is 6.39. The van der Waals surface area contributed by atoms with Gasteiger partial charge in [0.15, 0.2) is 0 Å². The first kappa shape index (κ1) is 24.7. The maximum atomic E-state index is 12.3. The summed E-state index contributed by atoms with van der Waals surface area (Å²) in [4.78, 5) is 12.3. The van der Waals surface area contributed by atoms with Crippen molar-refractivity contribution in [3.05, 3.63) is 28.8 Å². The lowest BCUT2D eigenvalue weighted by molar-refractivity contribution is -0.140. The van der Waals surface area contributed by atoms with Crippen LogP contribution in [-0.2, 0) is 29.7 Å². The van der Waals surface area contributed by atoms with Gasteiger partial charge in [-0.15, -0.1) is 0 Å². The number of carbonyl (C=O) groups is 1. The zero-order valence-electron chi connectivity index (χ0n) is 20.6. The van der Waals surface area contributed by atoms with Crippen LogP contribution in [0, 0.1) is 0 Å². The highest BCUT2D eigenvalue weighted by atomic mass is 16.7. The summed E-state index contributed by atoms with van der Waals surface area (Å²) in [5.74, 6) is -0.372. The highest BCUT2D eigenvalue weighted by Crippen LogP contribution is 2.45. The predicted molar refractivity (Wildman–Crippen MR) is 121 cm³/mol. The average molecular weight is 418 g/mol. The van der Waals surface area contributed by atoms with Crippen LogP contribution in [0.4, 0.5) is 0 Å². The van der Waals surface area contributed by atoms with Crippen LogP contribution in [0.1, 0.15) is 98.2 Å². The number of benzene rings is 1. The minimum Gasteiger partial charge on any atom is -0.507 e. The molecule has 168 valence electrons. The molecule has 0 aromatic heterocycles. The molecule has 1 fully saturated rings. The van der Waals surface area contributed by atoms with Gasteiger partial charge >= 0.3 is 13.1 Å². The Hall–Kier alpha value is -1.53. The molecule has 1 aromatic rings. The molecular weight excluding hydrogens is 379 g/mol. The maximum Gasteiger partial charge on any atom is 0.466 e. The monoisotopic (exact) mass is 418 g/mol. The first-order valence-electron chi connectivity index (χ1n) is 10.7. The van der Waals surface area contributed by atoms with E-state index < -0.39 is 18.3 Å². The predicted octanol–water partition coefficient (Wildman–Crippen LogP) is 5.27. The lowest BCUT2D eigenvalue weighted by Crippen LogP contribution is -2.41. The largest absolute Gasteiger partial charge is 0.507 e. The molecule has 6 heteroatoms. The molecule has 2 rings (SSSR count). The zero-order valence-corrected chi connectivity index (χ0v) is 20.6. The number of phenolic OH excluding ortho intramolecular Hbond substituents is 1. The van der Waals surface area contributed by atoms with Gasteiger partial charge in [-0.2, -0.15) is 0 Å². The Bertz CT molecular complexity index is 748. The molecular formula is C24H39BO5. The number of rotatable bonds is 4. The second-order valence-corrected chi connectivity index (χ2v) is 11.5. The van der Waals surface area contributed by atoms with E-state index in [9.17, 15) is 9.90 Å². The van der Waals surface area contributed by atoms with Gasteiger partial charge in [0.25, 0.3) is 0 Å². The van der Waals surface area contributed by atoms with Crippen LogP contribution in [0.25, 0.3) is 0 Å². The van der Waals surface area contributed by atoms with Crippen LogP contribution in [0.2, 0.25) is 0 Å². The number of methoxy groups -OCH3 is 1. The SMILES string of the molecule is COC(=O)CC(B1OC(C)(C)C(C)(C)O1)c1cc(C(C)(C)C)c(O)c(C(C)(C)C)c1. The van der Waals surface area contributed by atoms with Crippen LogP contribution in [0.3, 0.4) is 0 Å². The van der Waals surface area contributed by atoms with Crippen molar-refractivity contribution in [2.45, 2.75) is 104 Å². The fraction of sp³-hybridized carbons (Fsp3) is 0.708. The second-order valence-electron chi connectivity index (χ2n) is 11.5. The van der Waals surface area contributed by atoms with Gasteiger partial charge in [-0.05, 0) is 55.2 Å². The van der Waals surface area contributed by atoms with Crippen molar-refractivity contribution in [2.75, 3.05) is 7.11 Å². The Morgan fingerprint density at radius 2 is 1.40 bits per heavy atom. The Morgan fingerprint density at radius 1 is 1.00 bits per heavy atom. The van der Waals surface area contributed by atoms with E-state index in [1.165, 1.54) is 7.11 Å². The van der Waals surface area contributed by atoms with Gasteiger partial charge in [-0.1, -0.05) is 53.7 Å². The quantitative estimate of drug-likeness (QED) is 0.533. The van der Waals surface area contributed by atoms with Gasteiger partial charge in [0, 0.05) is 5.82 Å². The van der Waals surface area contributed by atoms with E-state index in [1.807, 2.05) is 39.8 Å². The summed E-state index contributed by atoms with van der Waals surface area (Å²) >= 11 is 0. The summed E-state index contributed by atoms with van der Waals surface area (Å²) < 4.78 is 17.6. The van der Waals surface area contributed by atoms with Crippen molar-refractivity contribution in [3.63, 3.8) is 0 Å². The van der Waals surface area contributed by atoms with Gasteiger partial charge in [-0.3, -0.25) is 4.79 Å². The molecule has 1 atom stereocenters. The highest BCUT2D eigenvalue weighted by Gasteiger charge is 2.54. The summed E-state index contributed by atoms with van der Waals surface area (Å²) in [7, 11) is 0.793. The number of hydrogen-bond donors (Lipinski definition) is 1. The van der Waals surface area contributed by atoms with Crippen molar-refractivity contribution >= 4 is 13.1 Å². The van der Waals surface area contributed by atoms with E-state index in [0.29, 0.717) is 5.75 Å². The Labute approximate surface area is 182 Å². The standard InChI is InChI=1S/C24H39BO5/c1-21(2,3)16-12-15(13-17(20(16)27)22(4,5)6)18(14-19(26)28-11)25-29-23(7,8)24(9,10)30-25/h12-13,18,27H,14H2,1-11H3. The fourth-order valence-corrected chi connectivity index (χ4v) is 3.70. The van der Waals surface area contributed by atoms with Crippen LogP contribution in [-0.4, -0.2) is 36.5 Å². The molecule has 0 radical (unpaired) electrons. The molecule has 1 aromatic carbocycles. The molecule has 0 bridgehead atoms. The minimum atomic E-state index is -0.598. The molecule has 1 aliphatic rings. The molecule has 0 spiro atoms. The van der Waals surface area contributed by atoms with Crippen LogP contribution < -0.4 is 0 Å². The van der Waals surface area contributed by atoms with Gasteiger partial charge < -0.3 is 19.2 Å². The molecule has 5 nitrogen and oxygen atoms in total. The van der Waals surface area contributed by atoms with Crippen molar-refractivity contribution in [1.82, 2.24) is 0 Å². The minimum absolute atomic E-state index is 0.130. The highest BCUT2D eigenvalue weighted by molar-refractivity contribution is 6.48. The molecule has 1 heterocycles. The molecule has 0 aliphatic carbocycles. The summed E-state index contributed by atoms with van der Waals surface area (Å²) in [6.45, 7) is 20.4. The van der Waals surface area contributed by atoms with Crippen molar-refractivity contribution < 1.29 is 23.9 Å². The van der Waals surface area contributed by atoms with Crippen molar-refractivity contribution in [2.24, 2.45) is 0 Å². The Kier molecular flexibility index (Phi) is 6.49. The van der Waals surface area contributed by atoms with Crippen molar-refractivity contribution in [3.8, 4) is 5.75 Å². The third kappa shape index (κ3) is 4.86. The van der Waals surface area contributed by atoms with E-state index >= 15 is 0 Å². The van der Waals surface area contributed by atoms with Gasteiger partial charge in [-0.25, -0.2) is 0 Å². The van der Waals surface area contributed by atoms with Crippen LogP contribution in [0.15, 0.2) is 12.1 Å². The van der Waals surface area contributed by atoms with E-state index in [4.69, 9.17) is 14.0 Å². The Balaban J connectivity index is 2.68. The number of hydrogen-bond acceptors (Lipinski definition) is 5. The van der Waals surface area contributed by atoms with Gasteiger partial charge in [0.1, 0.15) is 5.75 Å². The van der Waals surface area contributed by atoms with E-state index in [-0.39, 0.29) is 29.0 Å². The third-order valence-corrected chi connectivity index (χ3v) is 6.39. The lowest BCUT2D eigenvalue weighted by Gasteiger charge is -2.32. The summed E-state index contributed by atoms with van der Waals surface area (Å²) in [5.41, 5.74) is 1.03. The molecule has 30 heavy (non-hydrogen) atoms. The molecule has 1 saturated heterocycles. The molecule has 0 saturated carbocycles. The topological polar surface area (TPSA) is 65.0 Å². The average Bonchev–Trinajstić information content (AvgIpc) is 2.78. The number of phenols is 1. The number of esters is 1. The van der Waals surface area contributed by atoms with E-state index in [1.54, 1.807) is 0 Å². The second kappa shape index (κ2) is 7.87. The van der Waals surface area contributed by atoms with Gasteiger partial charge in [0.05, 0.1) is 24.7 Å². The molecule has 0 amide bonds. The van der Waals surface area contributed by atoms with E-state index in [0.717, 1.165) is 16.7 Å². The first-order valence-corrected chi connectivity index (χ1v) is 10.7. The maximum absolute atomic E-state index is 12.3. The molecule has 1 N–H and O–H groups in total. The van der Waals surface area contributed by atoms with Gasteiger partial charge in [0.2, 0.25) is 0 Å². The number of carbonyl (C=O) groups excluding carboxylic acids is 1. The fourth-order valence-electron chi connectivity index (χ4n) is 3.70. The summed E-state index contributed by atoms with van der Waals surface area (Å²) in [6, 6.07) is 3.98. The first-order chi connectivity index (χ1) is 13.4. The number of ether oxygens (including phenoxy) is 1. The summed E-state index contributed by atoms with van der Waals surface area (Å²) in [5, 5.41) is 11.1. The zero-order chi connectivity index (χ0) is 23.3. The summed E-state index contributed by atoms with van der Waals surface area (Å²) in [6.07, 6.45) is 0.130. The normalized spacial score (nSPS) is 19.6. The van der Waals surface area contributed by atoms with Crippen molar-refractivity contribution in [1.29, 1.82) is 0 Å². The van der Waals surface area contributed by atoms with E-state index in [2.05, 4.69) is 41.5 Å². The lowest BCUT2D eigenvalue weighted by atomic mass is 9.64. The number of aromatic hydroxyl groups is 1. The smallest absolute Gasteiger partial charge is 0.466 e.